The van der Waals surface area contributed by atoms with Gasteiger partial charge in [0.05, 0.1) is 0 Å². The zero-order valence-electron chi connectivity index (χ0n) is 9.93. The summed E-state index contributed by atoms with van der Waals surface area (Å²) in [5, 5.41) is 3.75. The number of benzene rings is 1. The van der Waals surface area contributed by atoms with Crippen molar-refractivity contribution in [3.8, 4) is 0 Å². The molecule has 94 valence electrons. The fourth-order valence-electron chi connectivity index (χ4n) is 1.72. The lowest BCUT2D eigenvalue weighted by Gasteiger charge is -2.16. The van der Waals surface area contributed by atoms with Gasteiger partial charge in [-0.3, -0.25) is 4.79 Å². The van der Waals surface area contributed by atoms with Crippen molar-refractivity contribution in [1.82, 2.24) is 0 Å². The predicted molar refractivity (Wildman–Crippen MR) is 77.2 cm³/mol. The maximum atomic E-state index is 12.5. The second-order valence-electron chi connectivity index (χ2n) is 3.74. The van der Waals surface area contributed by atoms with Gasteiger partial charge in [-0.05, 0) is 28.4 Å². The van der Waals surface area contributed by atoms with Crippen LogP contribution in [0.25, 0.3) is 0 Å². The Morgan fingerprint density at radius 1 is 1.33 bits per heavy atom. The summed E-state index contributed by atoms with van der Waals surface area (Å²) in [6, 6.07) is 9.59. The van der Waals surface area contributed by atoms with Crippen molar-refractivity contribution in [2.24, 2.45) is 0 Å². The first-order valence-electron chi connectivity index (χ1n) is 5.66. The Labute approximate surface area is 119 Å². The molecule has 2 aromatic rings. The van der Waals surface area contributed by atoms with Crippen LogP contribution in [0.5, 0.6) is 0 Å². The molecule has 0 fully saturated rings. The lowest BCUT2D eigenvalue weighted by Crippen LogP contribution is -2.16. The molecule has 0 spiro atoms. The Hall–Kier alpha value is -0.970. The highest BCUT2D eigenvalue weighted by Crippen LogP contribution is 2.28. The SMILES string of the molecule is CCOC(C(=O)c1cscc1Br)c1ccccc1. The second kappa shape index (κ2) is 6.27. The molecule has 0 amide bonds. The smallest absolute Gasteiger partial charge is 0.198 e. The van der Waals surface area contributed by atoms with Gasteiger partial charge in [-0.15, -0.1) is 0 Å². The van der Waals surface area contributed by atoms with Crippen LogP contribution < -0.4 is 0 Å². The van der Waals surface area contributed by atoms with Gasteiger partial charge < -0.3 is 4.74 Å². The highest BCUT2D eigenvalue weighted by atomic mass is 79.9. The van der Waals surface area contributed by atoms with Crippen molar-refractivity contribution in [3.05, 3.63) is 56.7 Å². The van der Waals surface area contributed by atoms with Crippen LogP contribution in [0, 0.1) is 0 Å². The van der Waals surface area contributed by atoms with Gasteiger partial charge in [0.15, 0.2) is 5.78 Å². The molecule has 0 radical (unpaired) electrons. The first-order valence-corrected chi connectivity index (χ1v) is 7.40. The zero-order chi connectivity index (χ0) is 13.0. The lowest BCUT2D eigenvalue weighted by molar-refractivity contribution is 0.0452. The van der Waals surface area contributed by atoms with E-state index in [4.69, 9.17) is 4.74 Å². The van der Waals surface area contributed by atoms with Gasteiger partial charge >= 0.3 is 0 Å². The van der Waals surface area contributed by atoms with Crippen LogP contribution in [0.2, 0.25) is 0 Å². The summed E-state index contributed by atoms with van der Waals surface area (Å²) < 4.78 is 6.43. The molecule has 2 nitrogen and oxygen atoms in total. The minimum absolute atomic E-state index is 0.00354. The summed E-state index contributed by atoms with van der Waals surface area (Å²) in [4.78, 5) is 12.5. The Morgan fingerprint density at radius 3 is 2.61 bits per heavy atom. The number of halogens is 1. The number of rotatable bonds is 5. The molecule has 0 aliphatic rings. The fraction of sp³-hybridized carbons (Fsp3) is 0.214. The van der Waals surface area contributed by atoms with E-state index in [1.165, 1.54) is 11.3 Å². The van der Waals surface area contributed by atoms with E-state index in [2.05, 4.69) is 15.9 Å². The third-order valence-electron chi connectivity index (χ3n) is 2.55. The summed E-state index contributed by atoms with van der Waals surface area (Å²) in [7, 11) is 0. The number of carbonyl (C=O) groups excluding carboxylic acids is 1. The Bertz CT molecular complexity index is 522. The van der Waals surface area contributed by atoms with Crippen molar-refractivity contribution < 1.29 is 9.53 Å². The van der Waals surface area contributed by atoms with Crippen molar-refractivity contribution >= 4 is 33.0 Å². The van der Waals surface area contributed by atoms with Crippen LogP contribution >= 0.6 is 27.3 Å². The summed E-state index contributed by atoms with van der Waals surface area (Å²) in [6.07, 6.45) is -0.526. The fourth-order valence-corrected chi connectivity index (χ4v) is 3.20. The Kier molecular flexibility index (Phi) is 4.69. The number of ether oxygens (including phenoxy) is 1. The van der Waals surface area contributed by atoms with Gasteiger partial charge in [0.1, 0.15) is 6.10 Å². The molecule has 0 N–H and O–H groups in total. The van der Waals surface area contributed by atoms with Gasteiger partial charge in [-0.1, -0.05) is 30.3 Å². The van der Waals surface area contributed by atoms with Gasteiger partial charge in [0.2, 0.25) is 0 Å². The maximum Gasteiger partial charge on any atom is 0.198 e. The van der Waals surface area contributed by atoms with E-state index >= 15 is 0 Å². The predicted octanol–water partition coefficient (Wildman–Crippen LogP) is 4.47. The molecule has 1 unspecified atom stereocenters. The molecule has 4 heteroatoms. The molecular formula is C14H13BrO2S. The third-order valence-corrected chi connectivity index (χ3v) is 4.26. The molecule has 0 saturated carbocycles. The van der Waals surface area contributed by atoms with E-state index in [1.54, 1.807) is 0 Å². The first-order chi connectivity index (χ1) is 8.74. The van der Waals surface area contributed by atoms with Gasteiger partial charge in [0.25, 0.3) is 0 Å². The third kappa shape index (κ3) is 2.88. The molecule has 1 aromatic carbocycles. The van der Waals surface area contributed by atoms with Crippen molar-refractivity contribution in [2.75, 3.05) is 6.61 Å². The second-order valence-corrected chi connectivity index (χ2v) is 5.34. The van der Waals surface area contributed by atoms with Crippen molar-refractivity contribution in [1.29, 1.82) is 0 Å². The molecule has 2 rings (SSSR count). The van der Waals surface area contributed by atoms with Crippen molar-refractivity contribution in [3.63, 3.8) is 0 Å². The topological polar surface area (TPSA) is 26.3 Å². The minimum Gasteiger partial charge on any atom is -0.366 e. The molecule has 0 aliphatic carbocycles. The van der Waals surface area contributed by atoms with Crippen LogP contribution in [0.15, 0.2) is 45.6 Å². The molecule has 0 saturated heterocycles. The van der Waals surface area contributed by atoms with E-state index in [1.807, 2.05) is 48.0 Å². The number of hydrogen-bond acceptors (Lipinski definition) is 3. The molecule has 0 bridgehead atoms. The number of Topliss-reactive ketones (excluding diaryl/α,β-unsaturated/α-hetero) is 1. The normalized spacial score (nSPS) is 12.3. The molecule has 0 aliphatic heterocycles. The highest BCUT2D eigenvalue weighted by Gasteiger charge is 2.24. The van der Waals surface area contributed by atoms with E-state index < -0.39 is 6.10 Å². The first kappa shape index (κ1) is 13.5. The van der Waals surface area contributed by atoms with E-state index in [-0.39, 0.29) is 5.78 Å². The molecule has 1 aromatic heterocycles. The van der Waals surface area contributed by atoms with Gasteiger partial charge in [-0.2, -0.15) is 11.3 Å². The monoisotopic (exact) mass is 324 g/mol. The van der Waals surface area contributed by atoms with E-state index in [0.29, 0.717) is 12.2 Å². The minimum atomic E-state index is -0.526. The average Bonchev–Trinajstić information content (AvgIpc) is 2.82. The summed E-state index contributed by atoms with van der Waals surface area (Å²) in [6.45, 7) is 2.40. The zero-order valence-corrected chi connectivity index (χ0v) is 12.3. The Balaban J connectivity index is 2.32. The molecule has 1 atom stereocenters. The summed E-state index contributed by atoms with van der Waals surface area (Å²) >= 11 is 4.89. The number of ketones is 1. The molecule has 18 heavy (non-hydrogen) atoms. The number of hydrogen-bond donors (Lipinski definition) is 0. The van der Waals surface area contributed by atoms with Crippen LogP contribution in [-0.2, 0) is 4.74 Å². The Morgan fingerprint density at radius 2 is 2.06 bits per heavy atom. The summed E-state index contributed by atoms with van der Waals surface area (Å²) in [5.74, 6) is -0.00354. The lowest BCUT2D eigenvalue weighted by atomic mass is 10.0. The van der Waals surface area contributed by atoms with Crippen LogP contribution in [0.4, 0.5) is 0 Å². The highest BCUT2D eigenvalue weighted by molar-refractivity contribution is 9.10. The van der Waals surface area contributed by atoms with Crippen molar-refractivity contribution in [2.45, 2.75) is 13.0 Å². The van der Waals surface area contributed by atoms with E-state index in [0.717, 1.165) is 10.0 Å². The van der Waals surface area contributed by atoms with E-state index in [9.17, 15) is 4.79 Å². The van der Waals surface area contributed by atoms with Gasteiger partial charge in [-0.25, -0.2) is 0 Å². The largest absolute Gasteiger partial charge is 0.366 e. The van der Waals surface area contributed by atoms with Crippen LogP contribution in [0.3, 0.4) is 0 Å². The number of carbonyl (C=O) groups is 1. The molecular weight excluding hydrogens is 312 g/mol. The van der Waals surface area contributed by atoms with Crippen LogP contribution in [-0.4, -0.2) is 12.4 Å². The average molecular weight is 325 g/mol. The maximum absolute atomic E-state index is 12.5. The molecule has 1 heterocycles. The quantitative estimate of drug-likeness (QED) is 0.758. The van der Waals surface area contributed by atoms with Gasteiger partial charge in [0, 0.05) is 27.4 Å². The number of thiophene rings is 1. The summed E-state index contributed by atoms with van der Waals surface area (Å²) in [5.41, 5.74) is 1.57. The standard InChI is InChI=1S/C14H13BrO2S/c1-2-17-14(10-6-4-3-5-7-10)13(16)11-8-18-9-12(11)15/h3-9,14H,2H2,1H3. The van der Waals surface area contributed by atoms with Crippen LogP contribution in [0.1, 0.15) is 28.9 Å².